The smallest absolute Gasteiger partial charge is 0.251 e. The molecule has 0 atom stereocenters. The number of amides is 2. The molecular formula is C17H27N3O4S. The van der Waals surface area contributed by atoms with E-state index in [-0.39, 0.29) is 17.3 Å². The summed E-state index contributed by atoms with van der Waals surface area (Å²) in [6, 6.07) is 5.69. The van der Waals surface area contributed by atoms with Gasteiger partial charge in [0.1, 0.15) is 0 Å². The third-order valence-corrected chi connectivity index (χ3v) is 5.64. The summed E-state index contributed by atoms with van der Waals surface area (Å²) >= 11 is 0. The highest BCUT2D eigenvalue weighted by atomic mass is 32.2. The second-order valence-electron chi connectivity index (χ2n) is 5.99. The minimum Gasteiger partial charge on any atom is -0.354 e. The van der Waals surface area contributed by atoms with Gasteiger partial charge in [-0.1, -0.05) is 27.7 Å². The molecule has 1 aromatic rings. The summed E-state index contributed by atoms with van der Waals surface area (Å²) in [7, 11) is -3.55. The van der Waals surface area contributed by atoms with Crippen LogP contribution in [0.1, 0.15) is 38.1 Å². The average Bonchev–Trinajstić information content (AvgIpc) is 2.58. The lowest BCUT2D eigenvalue weighted by molar-refractivity contribution is -0.120. The molecular weight excluding hydrogens is 342 g/mol. The van der Waals surface area contributed by atoms with Gasteiger partial charge in [0.25, 0.3) is 5.91 Å². The molecule has 0 saturated heterocycles. The third-order valence-electron chi connectivity index (χ3n) is 3.58. The van der Waals surface area contributed by atoms with Crippen molar-refractivity contribution in [2.75, 3.05) is 26.2 Å². The Labute approximate surface area is 149 Å². The summed E-state index contributed by atoms with van der Waals surface area (Å²) in [5.41, 5.74) is 0.301. The van der Waals surface area contributed by atoms with E-state index >= 15 is 0 Å². The van der Waals surface area contributed by atoms with Crippen LogP contribution in [0.4, 0.5) is 0 Å². The van der Waals surface area contributed by atoms with Gasteiger partial charge in [-0.3, -0.25) is 9.59 Å². The van der Waals surface area contributed by atoms with Crippen LogP contribution in [0.15, 0.2) is 29.2 Å². The van der Waals surface area contributed by atoms with Gasteiger partial charge in [0.2, 0.25) is 15.9 Å². The van der Waals surface area contributed by atoms with Crippen LogP contribution in [0.2, 0.25) is 0 Å². The van der Waals surface area contributed by atoms with Crippen LogP contribution in [-0.2, 0) is 14.8 Å². The zero-order chi connectivity index (χ0) is 19.0. The molecule has 0 aliphatic rings. The predicted octanol–water partition coefficient (Wildman–Crippen LogP) is 1.22. The average molecular weight is 369 g/mol. The molecule has 0 aliphatic carbocycles. The van der Waals surface area contributed by atoms with Crippen molar-refractivity contribution in [1.82, 2.24) is 14.9 Å². The fraction of sp³-hybridized carbons (Fsp3) is 0.529. The number of nitrogens with one attached hydrogen (secondary N) is 2. The van der Waals surface area contributed by atoms with Crippen molar-refractivity contribution < 1.29 is 18.0 Å². The first-order valence-corrected chi connectivity index (χ1v) is 9.81. The van der Waals surface area contributed by atoms with Crippen LogP contribution in [0.25, 0.3) is 0 Å². The summed E-state index contributed by atoms with van der Waals surface area (Å²) in [6.45, 7) is 8.69. The fourth-order valence-corrected chi connectivity index (χ4v) is 3.59. The van der Waals surface area contributed by atoms with Crippen LogP contribution < -0.4 is 10.6 Å². The van der Waals surface area contributed by atoms with E-state index in [9.17, 15) is 18.0 Å². The van der Waals surface area contributed by atoms with Gasteiger partial charge in [-0.05, 0) is 30.2 Å². The first-order valence-electron chi connectivity index (χ1n) is 8.37. The largest absolute Gasteiger partial charge is 0.354 e. The van der Waals surface area contributed by atoms with E-state index < -0.39 is 15.9 Å². The molecule has 0 spiro atoms. The van der Waals surface area contributed by atoms with Crippen molar-refractivity contribution >= 4 is 21.8 Å². The minimum absolute atomic E-state index is 0.120. The van der Waals surface area contributed by atoms with E-state index in [1.165, 1.54) is 28.6 Å². The van der Waals surface area contributed by atoms with E-state index in [4.69, 9.17) is 0 Å². The number of carbonyl (C=O) groups is 2. The first kappa shape index (κ1) is 21.1. The topological polar surface area (TPSA) is 95.6 Å². The Morgan fingerprint density at radius 2 is 1.60 bits per heavy atom. The standard InChI is InChI=1S/C17H27N3O4S/c1-5-20(6-2)25(23,24)15-9-7-14(8-10-15)17(22)19-12-16(21)18-11-13(3)4/h7-10,13H,5-6,11-12H2,1-4H3,(H,18,21)(H,19,22). The van der Waals surface area contributed by atoms with Crippen molar-refractivity contribution in [3.05, 3.63) is 29.8 Å². The normalized spacial score (nSPS) is 11.6. The van der Waals surface area contributed by atoms with Gasteiger partial charge in [-0.2, -0.15) is 4.31 Å². The molecule has 0 aromatic heterocycles. The summed E-state index contributed by atoms with van der Waals surface area (Å²) in [5, 5.41) is 5.22. The van der Waals surface area contributed by atoms with Gasteiger partial charge in [0, 0.05) is 25.2 Å². The summed E-state index contributed by atoms with van der Waals surface area (Å²) in [4.78, 5) is 23.8. The lowest BCUT2D eigenvalue weighted by Crippen LogP contribution is -2.38. The highest BCUT2D eigenvalue weighted by Gasteiger charge is 2.21. The van der Waals surface area contributed by atoms with Gasteiger partial charge >= 0.3 is 0 Å². The molecule has 1 aromatic carbocycles. The predicted molar refractivity (Wildman–Crippen MR) is 96.7 cm³/mol. The Hall–Kier alpha value is -1.93. The van der Waals surface area contributed by atoms with Crippen molar-refractivity contribution in [3.8, 4) is 0 Å². The van der Waals surface area contributed by atoms with Gasteiger partial charge in [-0.25, -0.2) is 8.42 Å². The quantitative estimate of drug-likeness (QED) is 0.684. The second-order valence-corrected chi connectivity index (χ2v) is 7.93. The summed E-state index contributed by atoms with van der Waals surface area (Å²) in [6.07, 6.45) is 0. The number of hydrogen-bond donors (Lipinski definition) is 2. The lowest BCUT2D eigenvalue weighted by Gasteiger charge is -2.18. The van der Waals surface area contributed by atoms with Gasteiger partial charge < -0.3 is 10.6 Å². The van der Waals surface area contributed by atoms with Crippen LogP contribution in [0, 0.1) is 5.92 Å². The molecule has 0 aliphatic heterocycles. The molecule has 0 unspecified atom stereocenters. The maximum absolute atomic E-state index is 12.4. The minimum atomic E-state index is -3.55. The third kappa shape index (κ3) is 6.13. The molecule has 2 N–H and O–H groups in total. The molecule has 25 heavy (non-hydrogen) atoms. The molecule has 8 heteroatoms. The molecule has 0 radical (unpaired) electrons. The number of nitrogens with zero attached hydrogens (tertiary/aromatic N) is 1. The monoisotopic (exact) mass is 369 g/mol. The Bertz CT molecular complexity index is 680. The molecule has 0 bridgehead atoms. The van der Waals surface area contributed by atoms with E-state index in [0.717, 1.165) is 0 Å². The van der Waals surface area contributed by atoms with E-state index in [0.29, 0.717) is 31.1 Å². The van der Waals surface area contributed by atoms with E-state index in [2.05, 4.69) is 10.6 Å². The fourth-order valence-electron chi connectivity index (χ4n) is 2.13. The Balaban J connectivity index is 2.70. The maximum Gasteiger partial charge on any atom is 0.251 e. The summed E-state index contributed by atoms with van der Waals surface area (Å²) in [5.74, 6) is -0.353. The van der Waals surface area contributed by atoms with E-state index in [1.54, 1.807) is 13.8 Å². The van der Waals surface area contributed by atoms with Gasteiger partial charge in [0.05, 0.1) is 11.4 Å². The Kier molecular flexibility index (Phi) is 8.05. The molecule has 1 rings (SSSR count). The number of hydrogen-bond acceptors (Lipinski definition) is 4. The molecule has 0 saturated carbocycles. The zero-order valence-corrected chi connectivity index (χ0v) is 16.0. The molecule has 0 fully saturated rings. The van der Waals surface area contributed by atoms with Gasteiger partial charge in [-0.15, -0.1) is 0 Å². The molecule has 2 amide bonds. The molecule has 0 heterocycles. The van der Waals surface area contributed by atoms with Crippen molar-refractivity contribution in [2.24, 2.45) is 5.92 Å². The van der Waals surface area contributed by atoms with Crippen LogP contribution >= 0.6 is 0 Å². The highest BCUT2D eigenvalue weighted by Crippen LogP contribution is 2.16. The SMILES string of the molecule is CCN(CC)S(=O)(=O)c1ccc(C(=O)NCC(=O)NCC(C)C)cc1. The molecule has 7 nitrogen and oxygen atoms in total. The second kappa shape index (κ2) is 9.53. The molecule has 140 valence electrons. The highest BCUT2D eigenvalue weighted by molar-refractivity contribution is 7.89. The lowest BCUT2D eigenvalue weighted by atomic mass is 10.2. The van der Waals surface area contributed by atoms with Crippen LogP contribution in [0.3, 0.4) is 0 Å². The number of rotatable bonds is 9. The van der Waals surface area contributed by atoms with Crippen molar-refractivity contribution in [2.45, 2.75) is 32.6 Å². The van der Waals surface area contributed by atoms with E-state index in [1.807, 2.05) is 13.8 Å². The van der Waals surface area contributed by atoms with Crippen LogP contribution in [-0.4, -0.2) is 50.7 Å². The summed E-state index contributed by atoms with van der Waals surface area (Å²) < 4.78 is 26.1. The number of benzene rings is 1. The van der Waals surface area contributed by atoms with Crippen molar-refractivity contribution in [1.29, 1.82) is 0 Å². The number of sulfonamides is 1. The first-order chi connectivity index (χ1) is 11.7. The number of carbonyl (C=O) groups excluding carboxylic acids is 2. The van der Waals surface area contributed by atoms with Gasteiger partial charge in [0.15, 0.2) is 0 Å². The Morgan fingerprint density at radius 1 is 1.04 bits per heavy atom. The maximum atomic E-state index is 12.4. The van der Waals surface area contributed by atoms with Crippen LogP contribution in [0.5, 0.6) is 0 Å². The zero-order valence-electron chi connectivity index (χ0n) is 15.2. The Morgan fingerprint density at radius 3 is 2.08 bits per heavy atom. The van der Waals surface area contributed by atoms with Crippen molar-refractivity contribution in [3.63, 3.8) is 0 Å².